The van der Waals surface area contributed by atoms with E-state index >= 15 is 0 Å². The van der Waals surface area contributed by atoms with Crippen molar-refractivity contribution in [2.24, 2.45) is 0 Å². The summed E-state index contributed by atoms with van der Waals surface area (Å²) in [5.41, 5.74) is 1.40. The second-order valence-corrected chi connectivity index (χ2v) is 6.35. The molecule has 110 valence electrons. The van der Waals surface area contributed by atoms with E-state index in [4.69, 9.17) is 16.3 Å². The number of carbonyl (C=O) groups is 1. The van der Waals surface area contributed by atoms with Gasteiger partial charge in [0.25, 0.3) is 0 Å². The predicted octanol–water partition coefficient (Wildman–Crippen LogP) is 3.48. The number of carbonyl (C=O) groups excluding carboxylic acids is 1. The fourth-order valence-electron chi connectivity index (χ4n) is 1.88. The van der Waals surface area contributed by atoms with Gasteiger partial charge in [0.2, 0.25) is 0 Å². The molecular weight excluding hydrogens is 308 g/mol. The summed E-state index contributed by atoms with van der Waals surface area (Å²) in [6.45, 7) is 0. The zero-order valence-electron chi connectivity index (χ0n) is 11.5. The Hall–Kier alpha value is -1.65. The molecule has 0 aromatic heterocycles. The highest BCUT2D eigenvalue weighted by Gasteiger charge is 2.13. The maximum absolute atomic E-state index is 12.1. The second-order valence-electron chi connectivity index (χ2n) is 4.49. The van der Waals surface area contributed by atoms with Crippen molar-refractivity contribution in [2.45, 2.75) is 5.75 Å². The lowest BCUT2D eigenvalue weighted by atomic mass is 10.1. The third-order valence-electron chi connectivity index (χ3n) is 2.94. The molecule has 0 aliphatic heterocycles. The van der Waals surface area contributed by atoms with Gasteiger partial charge < -0.3 is 4.74 Å². The first kappa shape index (κ1) is 15.7. The molecule has 0 N–H and O–H groups in total. The Morgan fingerprint density at radius 3 is 2.52 bits per heavy atom. The molecule has 5 heteroatoms. The molecule has 1 atom stereocenters. The van der Waals surface area contributed by atoms with Crippen molar-refractivity contribution in [3.8, 4) is 5.75 Å². The Labute approximate surface area is 131 Å². The van der Waals surface area contributed by atoms with Gasteiger partial charge in [0, 0.05) is 22.1 Å². The molecule has 21 heavy (non-hydrogen) atoms. The molecule has 0 fully saturated rings. The van der Waals surface area contributed by atoms with Crippen molar-refractivity contribution in [1.29, 1.82) is 0 Å². The number of rotatable bonds is 6. The quantitative estimate of drug-likeness (QED) is 0.765. The summed E-state index contributed by atoms with van der Waals surface area (Å²) in [6.07, 6.45) is 0. The summed E-state index contributed by atoms with van der Waals surface area (Å²) < 4.78 is 17.1. The minimum atomic E-state index is -1.24. The van der Waals surface area contributed by atoms with Crippen molar-refractivity contribution in [3.63, 3.8) is 0 Å². The number of ketones is 1. The predicted molar refractivity (Wildman–Crippen MR) is 85.5 cm³/mol. The van der Waals surface area contributed by atoms with Crippen LogP contribution in [0.1, 0.15) is 15.9 Å². The minimum Gasteiger partial charge on any atom is -0.495 e. The molecule has 0 spiro atoms. The summed E-state index contributed by atoms with van der Waals surface area (Å²) in [5.74, 6) is 0.682. The molecule has 2 rings (SSSR count). The molecule has 0 aliphatic carbocycles. The molecule has 0 radical (unpaired) electrons. The van der Waals surface area contributed by atoms with Crippen LogP contribution in [0.4, 0.5) is 0 Å². The molecule has 0 bridgehead atoms. The van der Waals surface area contributed by atoms with Crippen molar-refractivity contribution in [1.82, 2.24) is 0 Å². The SMILES string of the molecule is COc1ccc(C(=O)CS(=O)Cc2ccccc2)cc1Cl. The van der Waals surface area contributed by atoms with Gasteiger partial charge in [-0.1, -0.05) is 41.9 Å². The zero-order valence-corrected chi connectivity index (χ0v) is 13.1. The largest absolute Gasteiger partial charge is 0.495 e. The summed E-state index contributed by atoms with van der Waals surface area (Å²) in [6, 6.07) is 14.3. The van der Waals surface area contributed by atoms with E-state index in [0.29, 0.717) is 22.1 Å². The van der Waals surface area contributed by atoms with Gasteiger partial charge in [-0.25, -0.2) is 0 Å². The van der Waals surface area contributed by atoms with Crippen LogP contribution in [0.3, 0.4) is 0 Å². The number of halogens is 1. The van der Waals surface area contributed by atoms with E-state index in [1.54, 1.807) is 18.2 Å². The van der Waals surface area contributed by atoms with Crippen LogP contribution >= 0.6 is 11.6 Å². The molecule has 0 heterocycles. The fraction of sp³-hybridized carbons (Fsp3) is 0.188. The summed E-state index contributed by atoms with van der Waals surface area (Å²) in [4.78, 5) is 12.1. The number of methoxy groups -OCH3 is 1. The summed E-state index contributed by atoms with van der Waals surface area (Å²) in [5, 5.41) is 0.372. The van der Waals surface area contributed by atoms with Crippen LogP contribution in [-0.2, 0) is 16.6 Å². The van der Waals surface area contributed by atoms with Crippen LogP contribution < -0.4 is 4.74 Å². The summed E-state index contributed by atoms with van der Waals surface area (Å²) >= 11 is 5.99. The van der Waals surface area contributed by atoms with Crippen LogP contribution in [0, 0.1) is 0 Å². The molecule has 0 aliphatic rings. The first-order chi connectivity index (χ1) is 10.1. The fourth-order valence-corrected chi connectivity index (χ4v) is 3.26. The van der Waals surface area contributed by atoms with Crippen molar-refractivity contribution in [3.05, 3.63) is 64.7 Å². The zero-order chi connectivity index (χ0) is 15.2. The number of ether oxygens (including phenoxy) is 1. The Bertz CT molecular complexity index is 656. The Kier molecular flexibility index (Phi) is 5.53. The standard InChI is InChI=1S/C16H15ClO3S/c1-20-16-8-7-13(9-14(16)17)15(18)11-21(19)10-12-5-3-2-4-6-12/h2-9H,10-11H2,1H3. The maximum Gasteiger partial charge on any atom is 0.175 e. The van der Waals surface area contributed by atoms with Crippen molar-refractivity contribution in [2.75, 3.05) is 12.9 Å². The lowest BCUT2D eigenvalue weighted by Gasteiger charge is -2.06. The van der Waals surface area contributed by atoms with Gasteiger partial charge in [-0.05, 0) is 23.8 Å². The van der Waals surface area contributed by atoms with E-state index in [2.05, 4.69) is 0 Å². The first-order valence-electron chi connectivity index (χ1n) is 6.36. The highest BCUT2D eigenvalue weighted by atomic mass is 35.5. The average Bonchev–Trinajstić information content (AvgIpc) is 2.48. The topological polar surface area (TPSA) is 43.4 Å². The molecule has 2 aromatic rings. The highest BCUT2D eigenvalue weighted by Crippen LogP contribution is 2.25. The minimum absolute atomic E-state index is 0.0163. The van der Waals surface area contributed by atoms with E-state index in [0.717, 1.165) is 5.56 Å². The van der Waals surface area contributed by atoms with E-state index in [9.17, 15) is 9.00 Å². The van der Waals surface area contributed by atoms with E-state index < -0.39 is 10.8 Å². The molecule has 3 nitrogen and oxygen atoms in total. The lowest BCUT2D eigenvalue weighted by molar-refractivity contribution is 0.102. The Morgan fingerprint density at radius 2 is 1.90 bits per heavy atom. The maximum atomic E-state index is 12.1. The van der Waals surface area contributed by atoms with Gasteiger partial charge in [-0.15, -0.1) is 0 Å². The monoisotopic (exact) mass is 322 g/mol. The third-order valence-corrected chi connectivity index (χ3v) is 4.47. The molecule has 0 amide bonds. The van der Waals surface area contributed by atoms with E-state index in [1.165, 1.54) is 7.11 Å². The van der Waals surface area contributed by atoms with Gasteiger partial charge in [-0.2, -0.15) is 0 Å². The van der Waals surface area contributed by atoms with Crippen molar-refractivity contribution >= 4 is 28.2 Å². The van der Waals surface area contributed by atoms with Crippen LogP contribution in [0.2, 0.25) is 5.02 Å². The highest BCUT2D eigenvalue weighted by molar-refractivity contribution is 7.85. The number of Topliss-reactive ketones (excluding diaryl/α,β-unsaturated/α-hetero) is 1. The molecule has 0 saturated heterocycles. The number of hydrogen-bond donors (Lipinski definition) is 0. The van der Waals surface area contributed by atoms with Crippen LogP contribution in [0.25, 0.3) is 0 Å². The molecule has 1 unspecified atom stereocenters. The number of benzene rings is 2. The lowest BCUT2D eigenvalue weighted by Crippen LogP contribution is -2.12. The molecule has 2 aromatic carbocycles. The Balaban J connectivity index is 2.01. The van der Waals surface area contributed by atoms with Gasteiger partial charge in [0.15, 0.2) is 5.78 Å². The van der Waals surface area contributed by atoms with Crippen LogP contribution in [0.5, 0.6) is 5.75 Å². The van der Waals surface area contributed by atoms with E-state index in [1.807, 2.05) is 30.3 Å². The number of hydrogen-bond acceptors (Lipinski definition) is 3. The van der Waals surface area contributed by atoms with Crippen LogP contribution in [-0.4, -0.2) is 22.9 Å². The third kappa shape index (κ3) is 4.41. The average molecular weight is 323 g/mol. The first-order valence-corrected chi connectivity index (χ1v) is 8.22. The van der Waals surface area contributed by atoms with Gasteiger partial charge in [-0.3, -0.25) is 9.00 Å². The smallest absolute Gasteiger partial charge is 0.175 e. The second kappa shape index (κ2) is 7.38. The molecular formula is C16H15ClO3S. The van der Waals surface area contributed by atoms with E-state index in [-0.39, 0.29) is 11.5 Å². The van der Waals surface area contributed by atoms with Crippen molar-refractivity contribution < 1.29 is 13.7 Å². The van der Waals surface area contributed by atoms with Gasteiger partial charge >= 0.3 is 0 Å². The summed E-state index contributed by atoms with van der Waals surface area (Å²) in [7, 11) is 0.272. The molecule has 0 saturated carbocycles. The van der Waals surface area contributed by atoms with Gasteiger partial charge in [0.1, 0.15) is 5.75 Å². The van der Waals surface area contributed by atoms with Crippen LogP contribution in [0.15, 0.2) is 48.5 Å². The van der Waals surface area contributed by atoms with Gasteiger partial charge in [0.05, 0.1) is 17.9 Å². The normalized spacial score (nSPS) is 11.9. The Morgan fingerprint density at radius 1 is 1.19 bits per heavy atom.